The Labute approximate surface area is 160 Å². The van der Waals surface area contributed by atoms with Crippen molar-refractivity contribution in [2.24, 2.45) is 0 Å². The second kappa shape index (κ2) is 7.47. The molecule has 136 valence electrons. The van der Waals surface area contributed by atoms with E-state index in [4.69, 9.17) is 12.6 Å². The maximum atomic E-state index is 13.2. The number of H-pyrrole nitrogens is 1. The molecule has 5 nitrogen and oxygen atoms in total. The van der Waals surface area contributed by atoms with Crippen LogP contribution in [0, 0.1) is 0 Å². The van der Waals surface area contributed by atoms with Crippen LogP contribution in [0.15, 0.2) is 53.8 Å². The fraction of sp³-hybridized carbons (Fsp3) is 0.333. The molecule has 0 bridgehead atoms. The number of carbonyl (C=O) groups excluding carboxylic acids is 1. The van der Waals surface area contributed by atoms with Crippen molar-refractivity contribution in [3.05, 3.63) is 59.4 Å². The highest BCUT2D eigenvalue weighted by Crippen LogP contribution is 2.34. The third kappa shape index (κ3) is 3.32. The van der Waals surface area contributed by atoms with Gasteiger partial charge in [-0.05, 0) is 49.5 Å². The van der Waals surface area contributed by atoms with Crippen molar-refractivity contribution in [3.8, 4) is 16.9 Å². The number of amides is 1. The third-order valence-electron chi connectivity index (χ3n) is 5.36. The van der Waals surface area contributed by atoms with E-state index in [0.717, 1.165) is 54.4 Å². The van der Waals surface area contributed by atoms with Gasteiger partial charge in [-0.3, -0.25) is 9.89 Å². The molecule has 0 spiro atoms. The van der Waals surface area contributed by atoms with Crippen LogP contribution in [0.1, 0.15) is 36.0 Å². The van der Waals surface area contributed by atoms with Gasteiger partial charge in [-0.15, -0.1) is 0 Å². The maximum absolute atomic E-state index is 13.2. The van der Waals surface area contributed by atoms with E-state index in [1.54, 1.807) is 19.5 Å². The van der Waals surface area contributed by atoms with Gasteiger partial charge < -0.3 is 9.64 Å². The maximum Gasteiger partial charge on any atom is 0.254 e. The number of hydrogen-bond donors (Lipinski definition) is 1. The number of ether oxygens (including phenoxy) is 1. The van der Waals surface area contributed by atoms with Gasteiger partial charge in [-0.2, -0.15) is 5.10 Å². The van der Waals surface area contributed by atoms with Gasteiger partial charge in [0.2, 0.25) is 0 Å². The molecule has 1 atom stereocenters. The Morgan fingerprint density at radius 2 is 2.19 bits per heavy atom. The lowest BCUT2D eigenvalue weighted by atomic mass is 9.79. The zero-order chi connectivity index (χ0) is 18.8. The van der Waals surface area contributed by atoms with Crippen molar-refractivity contribution in [3.63, 3.8) is 0 Å². The number of aromatic nitrogens is 2. The highest BCUT2D eigenvalue weighted by atomic mass is 16.5. The molecule has 6 heteroatoms. The molecule has 1 aromatic heterocycles. The van der Waals surface area contributed by atoms with Crippen molar-refractivity contribution >= 4 is 13.8 Å². The summed E-state index contributed by atoms with van der Waals surface area (Å²) >= 11 is 0. The van der Waals surface area contributed by atoms with E-state index in [1.165, 1.54) is 0 Å². The summed E-state index contributed by atoms with van der Waals surface area (Å²) in [7, 11) is 7.82. The van der Waals surface area contributed by atoms with Crippen molar-refractivity contribution in [1.29, 1.82) is 0 Å². The number of methoxy groups -OCH3 is 1. The van der Waals surface area contributed by atoms with Crippen molar-refractivity contribution in [2.75, 3.05) is 13.7 Å². The number of allylic oxidation sites excluding steroid dienone is 2. The van der Waals surface area contributed by atoms with Gasteiger partial charge in [0, 0.05) is 29.4 Å². The van der Waals surface area contributed by atoms with E-state index in [2.05, 4.69) is 22.3 Å². The topological polar surface area (TPSA) is 58.2 Å². The zero-order valence-corrected chi connectivity index (χ0v) is 15.4. The SMILES string of the molecule is [B]C1=CCCC=C1C1CCCN1C(=O)c1ccc(-c2cn[nH]c2)c(OC)c1. The molecule has 2 aliphatic rings. The fourth-order valence-corrected chi connectivity index (χ4v) is 4.00. The van der Waals surface area contributed by atoms with Gasteiger partial charge in [-0.25, -0.2) is 0 Å². The van der Waals surface area contributed by atoms with Crippen LogP contribution in [-0.2, 0) is 0 Å². The van der Waals surface area contributed by atoms with Gasteiger partial charge >= 0.3 is 0 Å². The van der Waals surface area contributed by atoms with Gasteiger partial charge in [0.1, 0.15) is 13.6 Å². The highest BCUT2D eigenvalue weighted by Gasteiger charge is 2.32. The highest BCUT2D eigenvalue weighted by molar-refractivity contribution is 6.24. The molecule has 1 aromatic carbocycles. The van der Waals surface area contributed by atoms with Gasteiger partial charge in [-0.1, -0.05) is 17.6 Å². The van der Waals surface area contributed by atoms with E-state index in [0.29, 0.717) is 11.3 Å². The average molecular weight is 359 g/mol. The average Bonchev–Trinajstić information content (AvgIpc) is 3.39. The standard InChI is InChI=1S/C21H22BN3O2/c1-27-20-11-14(8-9-16(20)15-12-23-24-13-15)21(26)25-10-4-7-19(25)17-5-2-3-6-18(17)22/h5-6,8-9,11-13,19H,2-4,7,10H2,1H3,(H,23,24). The lowest BCUT2D eigenvalue weighted by Gasteiger charge is -2.29. The second-order valence-electron chi connectivity index (χ2n) is 6.95. The first-order chi connectivity index (χ1) is 13.2. The first kappa shape index (κ1) is 17.6. The van der Waals surface area contributed by atoms with Crippen LogP contribution in [0.5, 0.6) is 5.75 Å². The van der Waals surface area contributed by atoms with Crippen LogP contribution in [-0.4, -0.2) is 48.5 Å². The van der Waals surface area contributed by atoms with E-state index in [9.17, 15) is 4.79 Å². The zero-order valence-electron chi connectivity index (χ0n) is 15.4. The normalized spacial score (nSPS) is 19.6. The molecular weight excluding hydrogens is 337 g/mol. The van der Waals surface area contributed by atoms with Crippen molar-refractivity contribution in [2.45, 2.75) is 31.7 Å². The molecule has 0 saturated carbocycles. The van der Waals surface area contributed by atoms with E-state index >= 15 is 0 Å². The first-order valence-electron chi connectivity index (χ1n) is 9.33. The number of rotatable bonds is 4. The van der Waals surface area contributed by atoms with Crippen LogP contribution in [0.25, 0.3) is 11.1 Å². The summed E-state index contributed by atoms with van der Waals surface area (Å²) in [4.78, 5) is 15.2. The molecule has 4 rings (SSSR count). The summed E-state index contributed by atoms with van der Waals surface area (Å²) < 4.78 is 5.53. The quantitative estimate of drug-likeness (QED) is 0.851. The summed E-state index contributed by atoms with van der Waals surface area (Å²) in [6.45, 7) is 0.750. The van der Waals surface area contributed by atoms with Crippen LogP contribution in [0.4, 0.5) is 0 Å². The van der Waals surface area contributed by atoms with Crippen LogP contribution >= 0.6 is 0 Å². The molecule has 1 aliphatic heterocycles. The van der Waals surface area contributed by atoms with E-state index in [1.807, 2.05) is 23.1 Å². The molecule has 2 heterocycles. The van der Waals surface area contributed by atoms with Crippen LogP contribution in [0.3, 0.4) is 0 Å². The lowest BCUT2D eigenvalue weighted by molar-refractivity contribution is 0.0756. The molecule has 1 amide bonds. The fourth-order valence-electron chi connectivity index (χ4n) is 4.00. The predicted octanol–water partition coefficient (Wildman–Crippen LogP) is 3.46. The van der Waals surface area contributed by atoms with Gasteiger partial charge in [0.25, 0.3) is 5.91 Å². The molecule has 1 fully saturated rings. The van der Waals surface area contributed by atoms with Gasteiger partial charge in [0.15, 0.2) is 0 Å². The molecule has 27 heavy (non-hydrogen) atoms. The summed E-state index contributed by atoms with van der Waals surface area (Å²) in [5.41, 5.74) is 4.39. The molecular formula is C21H22BN3O2. The Hall–Kier alpha value is -2.76. The Morgan fingerprint density at radius 1 is 1.33 bits per heavy atom. The lowest BCUT2D eigenvalue weighted by Crippen LogP contribution is -2.37. The summed E-state index contributed by atoms with van der Waals surface area (Å²) in [5.74, 6) is 0.683. The number of aromatic amines is 1. The summed E-state index contributed by atoms with van der Waals surface area (Å²) in [5, 5.41) is 6.79. The minimum atomic E-state index is 0.0221. The predicted molar refractivity (Wildman–Crippen MR) is 106 cm³/mol. The minimum Gasteiger partial charge on any atom is -0.496 e. The number of hydrogen-bond acceptors (Lipinski definition) is 3. The number of nitrogens with one attached hydrogen (secondary N) is 1. The Bertz CT molecular complexity index is 902. The summed E-state index contributed by atoms with van der Waals surface area (Å²) in [6, 6.07) is 5.65. The minimum absolute atomic E-state index is 0.0221. The molecule has 1 N–H and O–H groups in total. The first-order valence-corrected chi connectivity index (χ1v) is 9.33. The molecule has 1 saturated heterocycles. The Kier molecular flexibility index (Phi) is 4.88. The van der Waals surface area contributed by atoms with Crippen LogP contribution < -0.4 is 4.74 Å². The summed E-state index contributed by atoms with van der Waals surface area (Å²) in [6.07, 6.45) is 11.7. The molecule has 2 radical (unpaired) electrons. The smallest absolute Gasteiger partial charge is 0.254 e. The van der Waals surface area contributed by atoms with Crippen LogP contribution in [0.2, 0.25) is 0 Å². The molecule has 2 aromatic rings. The monoisotopic (exact) mass is 359 g/mol. The Morgan fingerprint density at radius 3 is 2.93 bits per heavy atom. The van der Waals surface area contributed by atoms with E-state index in [-0.39, 0.29) is 11.9 Å². The second-order valence-corrected chi connectivity index (χ2v) is 6.95. The number of likely N-dealkylation sites (tertiary alicyclic amines) is 1. The van der Waals surface area contributed by atoms with Crippen molar-refractivity contribution < 1.29 is 9.53 Å². The van der Waals surface area contributed by atoms with Crippen molar-refractivity contribution in [1.82, 2.24) is 15.1 Å². The largest absolute Gasteiger partial charge is 0.496 e. The van der Waals surface area contributed by atoms with E-state index < -0.39 is 0 Å². The number of nitrogens with zero attached hydrogens (tertiary/aromatic N) is 2. The number of carbonyl (C=O) groups is 1. The molecule has 1 aliphatic carbocycles. The molecule has 1 unspecified atom stereocenters. The number of benzene rings is 1. The Balaban J connectivity index is 1.62. The third-order valence-corrected chi connectivity index (χ3v) is 5.36. The van der Waals surface area contributed by atoms with Gasteiger partial charge in [0.05, 0.1) is 19.3 Å².